The molecule has 1 aliphatic rings. The van der Waals surface area contributed by atoms with Crippen molar-refractivity contribution < 1.29 is 5.11 Å². The van der Waals surface area contributed by atoms with Crippen LogP contribution in [0.15, 0.2) is 42.5 Å². The van der Waals surface area contributed by atoms with Crippen LogP contribution in [-0.2, 0) is 0 Å². The summed E-state index contributed by atoms with van der Waals surface area (Å²) in [5.74, 6) is 0.348. The lowest BCUT2D eigenvalue weighted by Crippen LogP contribution is -1.88. The number of hydrogen-bond acceptors (Lipinski definition) is 1. The van der Waals surface area contributed by atoms with Crippen LogP contribution < -0.4 is 0 Å². The Labute approximate surface area is 78.0 Å². The van der Waals surface area contributed by atoms with E-state index in [0.29, 0.717) is 5.75 Å². The van der Waals surface area contributed by atoms with Crippen molar-refractivity contribution in [2.24, 2.45) is 0 Å². The Morgan fingerprint density at radius 1 is 1.15 bits per heavy atom. The third-order valence-electron chi connectivity index (χ3n) is 2.10. The quantitative estimate of drug-likeness (QED) is 0.688. The Hall–Kier alpha value is -1.50. The molecule has 1 aromatic rings. The van der Waals surface area contributed by atoms with Gasteiger partial charge in [-0.25, -0.2) is 0 Å². The van der Waals surface area contributed by atoms with Gasteiger partial charge in [-0.2, -0.15) is 0 Å². The molecular weight excluding hydrogens is 160 g/mol. The molecule has 0 saturated carbocycles. The highest BCUT2D eigenvalue weighted by atomic mass is 16.3. The molecule has 0 unspecified atom stereocenters. The van der Waals surface area contributed by atoms with Crippen LogP contribution in [-0.4, -0.2) is 5.11 Å². The van der Waals surface area contributed by atoms with E-state index in [1.807, 2.05) is 30.4 Å². The van der Waals surface area contributed by atoms with E-state index in [0.717, 1.165) is 17.6 Å². The van der Waals surface area contributed by atoms with Crippen molar-refractivity contribution in [3.05, 3.63) is 54.5 Å². The van der Waals surface area contributed by atoms with E-state index in [2.05, 4.69) is 12.5 Å². The first-order valence-electron chi connectivity index (χ1n) is 4.36. The highest BCUT2D eigenvalue weighted by Crippen LogP contribution is 2.28. The molecule has 0 spiro atoms. The third-order valence-corrected chi connectivity index (χ3v) is 2.10. The molecule has 0 heterocycles. The SMILES string of the molecule is Oc1ccccc1C1=CC=CC[CH]1. The zero-order chi connectivity index (χ0) is 9.10. The van der Waals surface area contributed by atoms with Gasteiger partial charge in [-0.05, 0) is 24.5 Å². The fraction of sp³-hybridized carbons (Fsp3) is 0.0833. The third kappa shape index (κ3) is 1.64. The van der Waals surface area contributed by atoms with E-state index < -0.39 is 0 Å². The summed E-state index contributed by atoms with van der Waals surface area (Å²) in [6.45, 7) is 0. The molecular formula is C12H11O. The molecule has 1 heteroatoms. The summed E-state index contributed by atoms with van der Waals surface area (Å²) in [6.07, 6.45) is 9.17. The smallest absolute Gasteiger partial charge is 0.123 e. The van der Waals surface area contributed by atoms with Crippen molar-refractivity contribution >= 4 is 5.57 Å². The second-order valence-corrected chi connectivity index (χ2v) is 3.01. The van der Waals surface area contributed by atoms with Gasteiger partial charge in [0.1, 0.15) is 5.75 Å². The second kappa shape index (κ2) is 3.48. The largest absolute Gasteiger partial charge is 0.507 e. The summed E-state index contributed by atoms with van der Waals surface area (Å²) in [6, 6.07) is 7.40. The average Bonchev–Trinajstić information content (AvgIpc) is 2.20. The number of phenolic OH excluding ortho intramolecular Hbond substituents is 1. The molecule has 1 radical (unpaired) electrons. The monoisotopic (exact) mass is 171 g/mol. The number of phenols is 1. The number of rotatable bonds is 1. The maximum Gasteiger partial charge on any atom is 0.123 e. The molecule has 0 amide bonds. The number of allylic oxidation sites excluding steroid dienone is 4. The lowest BCUT2D eigenvalue weighted by atomic mass is 9.97. The van der Waals surface area contributed by atoms with Crippen LogP contribution in [0, 0.1) is 6.42 Å². The predicted molar refractivity (Wildman–Crippen MR) is 54.1 cm³/mol. The van der Waals surface area contributed by atoms with E-state index in [1.54, 1.807) is 6.07 Å². The molecule has 2 rings (SSSR count). The van der Waals surface area contributed by atoms with Crippen LogP contribution >= 0.6 is 0 Å². The fourth-order valence-corrected chi connectivity index (χ4v) is 1.43. The topological polar surface area (TPSA) is 20.2 Å². The van der Waals surface area contributed by atoms with Gasteiger partial charge in [0.15, 0.2) is 0 Å². The van der Waals surface area contributed by atoms with Crippen molar-refractivity contribution in [1.29, 1.82) is 0 Å². The van der Waals surface area contributed by atoms with Crippen LogP contribution in [0.3, 0.4) is 0 Å². The Morgan fingerprint density at radius 3 is 2.69 bits per heavy atom. The number of hydrogen-bond donors (Lipinski definition) is 1. The molecule has 1 aliphatic carbocycles. The van der Waals surface area contributed by atoms with Crippen molar-refractivity contribution in [1.82, 2.24) is 0 Å². The molecule has 13 heavy (non-hydrogen) atoms. The summed E-state index contributed by atoms with van der Waals surface area (Å²) in [5.41, 5.74) is 2.01. The molecule has 0 bridgehead atoms. The van der Waals surface area contributed by atoms with Gasteiger partial charge in [0.05, 0.1) is 0 Å². The van der Waals surface area contributed by atoms with Crippen LogP contribution in [0.1, 0.15) is 12.0 Å². The maximum atomic E-state index is 9.58. The first-order valence-corrected chi connectivity index (χ1v) is 4.36. The molecule has 0 saturated heterocycles. The molecule has 1 N–H and O–H groups in total. The van der Waals surface area contributed by atoms with Gasteiger partial charge in [0.2, 0.25) is 0 Å². The van der Waals surface area contributed by atoms with Crippen molar-refractivity contribution in [3.63, 3.8) is 0 Å². The lowest BCUT2D eigenvalue weighted by Gasteiger charge is -2.09. The van der Waals surface area contributed by atoms with Crippen molar-refractivity contribution in [2.45, 2.75) is 6.42 Å². The van der Waals surface area contributed by atoms with E-state index in [1.165, 1.54) is 0 Å². The van der Waals surface area contributed by atoms with Gasteiger partial charge >= 0.3 is 0 Å². The Bertz CT molecular complexity index is 361. The number of para-hydroxylation sites is 1. The van der Waals surface area contributed by atoms with Gasteiger partial charge in [-0.1, -0.05) is 36.4 Å². The second-order valence-electron chi connectivity index (χ2n) is 3.01. The van der Waals surface area contributed by atoms with Crippen molar-refractivity contribution in [2.75, 3.05) is 0 Å². The summed E-state index contributed by atoms with van der Waals surface area (Å²) in [5, 5.41) is 9.58. The van der Waals surface area contributed by atoms with Crippen molar-refractivity contribution in [3.8, 4) is 5.75 Å². The average molecular weight is 171 g/mol. The normalized spacial score (nSPS) is 15.5. The van der Waals surface area contributed by atoms with Gasteiger partial charge in [-0.15, -0.1) is 0 Å². The highest BCUT2D eigenvalue weighted by molar-refractivity contribution is 5.77. The minimum atomic E-state index is 0.348. The molecule has 0 atom stereocenters. The molecule has 1 aromatic carbocycles. The minimum absolute atomic E-state index is 0.348. The summed E-state index contributed by atoms with van der Waals surface area (Å²) < 4.78 is 0. The summed E-state index contributed by atoms with van der Waals surface area (Å²) >= 11 is 0. The first kappa shape index (κ1) is 8.11. The molecule has 0 aromatic heterocycles. The van der Waals surface area contributed by atoms with Gasteiger partial charge in [0, 0.05) is 5.56 Å². The van der Waals surface area contributed by atoms with E-state index >= 15 is 0 Å². The van der Waals surface area contributed by atoms with Crippen LogP contribution in [0.2, 0.25) is 0 Å². The highest BCUT2D eigenvalue weighted by Gasteiger charge is 2.06. The maximum absolute atomic E-state index is 9.58. The zero-order valence-corrected chi connectivity index (χ0v) is 7.27. The molecule has 0 aliphatic heterocycles. The molecule has 65 valence electrons. The predicted octanol–water partition coefficient (Wildman–Crippen LogP) is 2.94. The van der Waals surface area contributed by atoms with Crippen LogP contribution in [0.5, 0.6) is 5.75 Å². The minimum Gasteiger partial charge on any atom is -0.507 e. The van der Waals surface area contributed by atoms with Crippen LogP contribution in [0.4, 0.5) is 0 Å². The van der Waals surface area contributed by atoms with Gasteiger partial charge < -0.3 is 5.11 Å². The summed E-state index contributed by atoms with van der Waals surface area (Å²) in [4.78, 5) is 0. The van der Waals surface area contributed by atoms with Gasteiger partial charge in [-0.3, -0.25) is 0 Å². The van der Waals surface area contributed by atoms with E-state index in [9.17, 15) is 5.11 Å². The van der Waals surface area contributed by atoms with E-state index in [-0.39, 0.29) is 0 Å². The Morgan fingerprint density at radius 2 is 2.00 bits per heavy atom. The zero-order valence-electron chi connectivity index (χ0n) is 7.27. The number of benzene rings is 1. The lowest BCUT2D eigenvalue weighted by molar-refractivity contribution is 0.473. The Balaban J connectivity index is 2.40. The summed E-state index contributed by atoms with van der Waals surface area (Å²) in [7, 11) is 0. The molecule has 1 nitrogen and oxygen atoms in total. The van der Waals surface area contributed by atoms with E-state index in [4.69, 9.17) is 0 Å². The first-order chi connectivity index (χ1) is 6.38. The Kier molecular flexibility index (Phi) is 2.17. The fourth-order valence-electron chi connectivity index (χ4n) is 1.43. The van der Waals surface area contributed by atoms with Gasteiger partial charge in [0.25, 0.3) is 0 Å². The number of aromatic hydroxyl groups is 1. The van der Waals surface area contributed by atoms with Crippen LogP contribution in [0.25, 0.3) is 5.57 Å². The standard InChI is InChI=1S/C12H11O/c13-12-9-5-4-8-11(12)10-6-2-1-3-7-10/h1-2,4-9,13H,3H2. The molecule has 0 fully saturated rings.